The van der Waals surface area contributed by atoms with Gasteiger partial charge >= 0.3 is 0 Å². The molecule has 11 heteroatoms. The molecule has 2 aliphatic rings. The van der Waals surface area contributed by atoms with E-state index >= 15 is 0 Å². The van der Waals surface area contributed by atoms with E-state index in [9.17, 15) is 4.79 Å². The topological polar surface area (TPSA) is 102 Å². The van der Waals surface area contributed by atoms with Crippen LogP contribution in [0.25, 0.3) is 22.3 Å². The van der Waals surface area contributed by atoms with Crippen LogP contribution in [0.3, 0.4) is 0 Å². The maximum atomic E-state index is 13.5. The minimum absolute atomic E-state index is 0.0229. The van der Waals surface area contributed by atoms with Crippen LogP contribution in [0, 0.1) is 0 Å². The van der Waals surface area contributed by atoms with Crippen molar-refractivity contribution in [3.8, 4) is 22.9 Å². The van der Waals surface area contributed by atoms with Crippen molar-refractivity contribution in [1.82, 2.24) is 19.7 Å². The summed E-state index contributed by atoms with van der Waals surface area (Å²) in [5, 5.41) is 5.73. The summed E-state index contributed by atoms with van der Waals surface area (Å²) in [6.45, 7) is 1.26. The lowest BCUT2D eigenvalue weighted by Crippen LogP contribution is -2.28. The number of hydrogen-bond donors (Lipinski definition) is 0. The van der Waals surface area contributed by atoms with Gasteiger partial charge < -0.3 is 18.7 Å². The molecule has 0 spiro atoms. The Morgan fingerprint density at radius 1 is 1.12 bits per heavy atom. The van der Waals surface area contributed by atoms with Gasteiger partial charge in [0.05, 0.1) is 29.3 Å². The van der Waals surface area contributed by atoms with Crippen LogP contribution in [0.2, 0.25) is 5.02 Å². The molecular formula is C23H19ClN4O5S. The summed E-state index contributed by atoms with van der Waals surface area (Å²) in [5.41, 5.74) is 1.21. The van der Waals surface area contributed by atoms with Crippen molar-refractivity contribution in [1.29, 1.82) is 0 Å². The lowest BCUT2D eigenvalue weighted by atomic mass is 10.2. The van der Waals surface area contributed by atoms with Gasteiger partial charge in [-0.2, -0.15) is 4.98 Å². The average molecular weight is 499 g/mol. The number of thioether (sulfide) groups is 1. The molecular weight excluding hydrogens is 480 g/mol. The SMILES string of the molecule is O=c1c2cc3c(cc2nc(SCc2nc(-c4ccc(Cl)cc4)no2)n1C[C@@H]1CCCO1)OCO3. The molecule has 0 N–H and O–H groups in total. The number of ether oxygens (including phenoxy) is 3. The van der Waals surface area contributed by atoms with Gasteiger partial charge in [-0.05, 0) is 43.2 Å². The summed E-state index contributed by atoms with van der Waals surface area (Å²) in [5.74, 6) is 2.39. The number of halogens is 1. The van der Waals surface area contributed by atoms with Gasteiger partial charge in [-0.25, -0.2) is 4.98 Å². The molecule has 2 aliphatic heterocycles. The first-order chi connectivity index (χ1) is 16.6. The van der Waals surface area contributed by atoms with Crippen molar-refractivity contribution in [2.24, 2.45) is 0 Å². The van der Waals surface area contributed by atoms with E-state index in [4.69, 9.17) is 35.3 Å². The number of rotatable bonds is 6. The second-order valence-corrected chi connectivity index (χ2v) is 9.35. The molecule has 0 radical (unpaired) electrons. The molecule has 0 amide bonds. The molecule has 4 heterocycles. The van der Waals surface area contributed by atoms with Crippen LogP contribution < -0.4 is 15.0 Å². The minimum Gasteiger partial charge on any atom is -0.454 e. The molecule has 4 aromatic rings. The molecule has 174 valence electrons. The third-order valence-electron chi connectivity index (χ3n) is 5.72. The van der Waals surface area contributed by atoms with E-state index < -0.39 is 0 Å². The Bertz CT molecular complexity index is 1420. The number of aromatic nitrogens is 4. The van der Waals surface area contributed by atoms with Gasteiger partial charge in [-0.15, -0.1) is 0 Å². The van der Waals surface area contributed by atoms with Crippen molar-refractivity contribution in [2.75, 3.05) is 13.4 Å². The standard InChI is InChI=1S/C23H19ClN4O5S/c24-14-5-3-13(4-6-14)21-26-20(33-27-21)11-34-23-25-17-9-19-18(31-12-32-19)8-16(17)22(29)28(23)10-15-2-1-7-30-15/h3-6,8-9,15H,1-2,7,10-12H2/t15-/m0/s1. The molecule has 6 rings (SSSR count). The Morgan fingerprint density at radius 2 is 1.94 bits per heavy atom. The Hall–Kier alpha value is -3.08. The summed E-state index contributed by atoms with van der Waals surface area (Å²) < 4.78 is 23.8. The van der Waals surface area contributed by atoms with Gasteiger partial charge in [0.15, 0.2) is 16.7 Å². The molecule has 2 aromatic heterocycles. The number of fused-ring (bicyclic) bond motifs is 2. The van der Waals surface area contributed by atoms with Crippen LogP contribution in [-0.4, -0.2) is 39.2 Å². The smallest absolute Gasteiger partial charge is 0.262 e. The lowest BCUT2D eigenvalue weighted by Gasteiger charge is -2.16. The van der Waals surface area contributed by atoms with E-state index in [1.54, 1.807) is 28.8 Å². The summed E-state index contributed by atoms with van der Waals surface area (Å²) in [6.07, 6.45) is 1.87. The molecule has 2 aromatic carbocycles. The second kappa shape index (κ2) is 8.94. The summed E-state index contributed by atoms with van der Waals surface area (Å²) in [4.78, 5) is 22.7. The van der Waals surface area contributed by atoms with Crippen molar-refractivity contribution in [2.45, 2.75) is 36.4 Å². The maximum absolute atomic E-state index is 13.5. The van der Waals surface area contributed by atoms with Gasteiger partial charge in [-0.1, -0.05) is 28.5 Å². The highest BCUT2D eigenvalue weighted by Gasteiger charge is 2.23. The van der Waals surface area contributed by atoms with Crippen molar-refractivity contribution >= 4 is 34.3 Å². The third-order valence-corrected chi connectivity index (χ3v) is 6.93. The lowest BCUT2D eigenvalue weighted by molar-refractivity contribution is 0.0937. The second-order valence-electron chi connectivity index (χ2n) is 7.98. The fraction of sp³-hybridized carbons (Fsp3) is 0.304. The maximum Gasteiger partial charge on any atom is 0.262 e. The molecule has 0 saturated carbocycles. The highest BCUT2D eigenvalue weighted by Crippen LogP contribution is 2.35. The molecule has 1 fully saturated rings. The average Bonchev–Trinajstić information content (AvgIpc) is 3.61. The van der Waals surface area contributed by atoms with Gasteiger partial charge in [0.2, 0.25) is 18.5 Å². The van der Waals surface area contributed by atoms with Gasteiger partial charge in [-0.3, -0.25) is 9.36 Å². The largest absolute Gasteiger partial charge is 0.454 e. The quantitative estimate of drug-likeness (QED) is 0.284. The van der Waals surface area contributed by atoms with Crippen LogP contribution in [0.1, 0.15) is 18.7 Å². The normalized spacial score (nSPS) is 17.0. The van der Waals surface area contributed by atoms with E-state index in [2.05, 4.69) is 10.1 Å². The fourth-order valence-electron chi connectivity index (χ4n) is 4.01. The van der Waals surface area contributed by atoms with Crippen LogP contribution in [-0.2, 0) is 17.0 Å². The third kappa shape index (κ3) is 4.13. The first kappa shape index (κ1) is 21.5. The van der Waals surface area contributed by atoms with E-state index in [-0.39, 0.29) is 18.5 Å². The zero-order chi connectivity index (χ0) is 23.1. The highest BCUT2D eigenvalue weighted by molar-refractivity contribution is 7.98. The molecule has 34 heavy (non-hydrogen) atoms. The fourth-order valence-corrected chi connectivity index (χ4v) is 4.98. The van der Waals surface area contributed by atoms with Crippen molar-refractivity contribution < 1.29 is 18.7 Å². The van der Waals surface area contributed by atoms with Crippen LogP contribution in [0.15, 0.2) is 50.9 Å². The van der Waals surface area contributed by atoms with E-state index in [1.807, 2.05) is 12.1 Å². The van der Waals surface area contributed by atoms with Crippen LogP contribution >= 0.6 is 23.4 Å². The molecule has 9 nitrogen and oxygen atoms in total. The predicted molar refractivity (Wildman–Crippen MR) is 125 cm³/mol. The molecule has 1 saturated heterocycles. The summed E-state index contributed by atoms with van der Waals surface area (Å²) in [6, 6.07) is 10.7. The predicted octanol–water partition coefficient (Wildman–Crippen LogP) is 4.30. The van der Waals surface area contributed by atoms with Crippen LogP contribution in [0.4, 0.5) is 0 Å². The number of nitrogens with zero attached hydrogens (tertiary/aromatic N) is 4. The molecule has 0 aliphatic carbocycles. The first-order valence-electron chi connectivity index (χ1n) is 10.8. The highest BCUT2D eigenvalue weighted by atomic mass is 35.5. The molecule has 0 bridgehead atoms. The van der Waals surface area contributed by atoms with E-state index in [0.29, 0.717) is 63.2 Å². The summed E-state index contributed by atoms with van der Waals surface area (Å²) in [7, 11) is 0. The van der Waals surface area contributed by atoms with Crippen molar-refractivity contribution in [3.05, 3.63) is 57.7 Å². The van der Waals surface area contributed by atoms with E-state index in [0.717, 1.165) is 18.4 Å². The van der Waals surface area contributed by atoms with Gasteiger partial charge in [0.25, 0.3) is 5.56 Å². The minimum atomic E-state index is -0.145. The Morgan fingerprint density at radius 3 is 2.74 bits per heavy atom. The number of benzene rings is 2. The van der Waals surface area contributed by atoms with Gasteiger partial charge in [0.1, 0.15) is 0 Å². The Labute approximate surface area is 203 Å². The van der Waals surface area contributed by atoms with Crippen LogP contribution in [0.5, 0.6) is 11.5 Å². The zero-order valence-electron chi connectivity index (χ0n) is 17.9. The van der Waals surface area contributed by atoms with Crippen molar-refractivity contribution in [3.63, 3.8) is 0 Å². The molecule has 1 atom stereocenters. The monoisotopic (exact) mass is 498 g/mol. The number of hydrogen-bond acceptors (Lipinski definition) is 9. The Kier molecular flexibility index (Phi) is 5.64. The first-order valence-corrected chi connectivity index (χ1v) is 12.2. The molecule has 0 unspecified atom stereocenters. The van der Waals surface area contributed by atoms with E-state index in [1.165, 1.54) is 11.8 Å². The summed E-state index contributed by atoms with van der Waals surface area (Å²) >= 11 is 7.32. The Balaban J connectivity index is 1.32. The van der Waals surface area contributed by atoms with Gasteiger partial charge in [0, 0.05) is 23.3 Å². The zero-order valence-corrected chi connectivity index (χ0v) is 19.5.